The molecule has 2 aromatic heterocycles. The van der Waals surface area contributed by atoms with Crippen LogP contribution in [0.1, 0.15) is 5.69 Å². The van der Waals surface area contributed by atoms with Crippen molar-refractivity contribution in [3.05, 3.63) is 28.7 Å². The molecule has 0 aromatic carbocycles. The highest BCUT2D eigenvalue weighted by Crippen LogP contribution is 2.32. The van der Waals surface area contributed by atoms with E-state index in [4.69, 9.17) is 0 Å². The minimum atomic E-state index is -0.987. The summed E-state index contributed by atoms with van der Waals surface area (Å²) >= 11 is 1.63. The van der Waals surface area contributed by atoms with Gasteiger partial charge in [0, 0.05) is 17.0 Å². The summed E-state index contributed by atoms with van der Waals surface area (Å²) < 4.78 is 12.7. The largest absolute Gasteiger partial charge is 0.254 e. The normalized spacial score (nSPS) is 19.5. The Morgan fingerprint density at radius 3 is 3.31 bits per heavy atom. The third-order valence-corrected chi connectivity index (χ3v) is 4.11. The SMILES string of the molecule is O=S1C=Cc2ncc3sccc3c21. The molecule has 3 heterocycles. The van der Waals surface area contributed by atoms with Crippen molar-refractivity contribution >= 4 is 38.3 Å². The van der Waals surface area contributed by atoms with Gasteiger partial charge in [0.2, 0.25) is 0 Å². The van der Waals surface area contributed by atoms with E-state index in [1.54, 1.807) is 16.7 Å². The van der Waals surface area contributed by atoms with Crippen LogP contribution in [0.2, 0.25) is 0 Å². The molecule has 0 amide bonds. The molecule has 1 unspecified atom stereocenters. The fourth-order valence-corrected chi connectivity index (χ4v) is 3.39. The van der Waals surface area contributed by atoms with Crippen LogP contribution in [0.15, 0.2) is 27.9 Å². The molecule has 3 rings (SSSR count). The first kappa shape index (κ1) is 7.41. The lowest BCUT2D eigenvalue weighted by Gasteiger charge is -1.97. The van der Waals surface area contributed by atoms with Crippen LogP contribution < -0.4 is 0 Å². The number of thiophene rings is 1. The van der Waals surface area contributed by atoms with Gasteiger partial charge in [0.1, 0.15) is 0 Å². The van der Waals surface area contributed by atoms with E-state index in [0.717, 1.165) is 20.7 Å². The molecule has 2 nitrogen and oxygen atoms in total. The second kappa shape index (κ2) is 2.49. The predicted octanol–water partition coefficient (Wildman–Crippen LogP) is 2.39. The first-order valence-corrected chi connectivity index (χ1v) is 5.90. The third kappa shape index (κ3) is 0.927. The average molecular weight is 207 g/mol. The smallest absolute Gasteiger partial charge is 0.0807 e. The van der Waals surface area contributed by atoms with E-state index in [-0.39, 0.29) is 0 Å². The van der Waals surface area contributed by atoms with Crippen LogP contribution in [0.3, 0.4) is 0 Å². The predicted molar refractivity (Wildman–Crippen MR) is 55.1 cm³/mol. The van der Waals surface area contributed by atoms with E-state index in [0.29, 0.717) is 0 Å². The Labute approximate surface area is 81.4 Å². The Balaban J connectivity index is 2.53. The fraction of sp³-hybridized carbons (Fsp3) is 0. The monoisotopic (exact) mass is 207 g/mol. The number of rotatable bonds is 0. The zero-order valence-electron chi connectivity index (χ0n) is 6.56. The number of nitrogens with zero attached hydrogens (tertiary/aromatic N) is 1. The van der Waals surface area contributed by atoms with E-state index in [1.807, 2.05) is 23.7 Å². The number of fused-ring (bicyclic) bond motifs is 3. The van der Waals surface area contributed by atoms with Gasteiger partial charge in [0.25, 0.3) is 0 Å². The molecular weight excluding hydrogens is 202 g/mol. The molecule has 0 bridgehead atoms. The van der Waals surface area contributed by atoms with E-state index in [1.165, 1.54) is 0 Å². The van der Waals surface area contributed by atoms with Gasteiger partial charge in [-0.15, -0.1) is 11.3 Å². The van der Waals surface area contributed by atoms with Gasteiger partial charge in [0.15, 0.2) is 0 Å². The molecular formula is C9H5NOS2. The summed E-state index contributed by atoms with van der Waals surface area (Å²) in [6, 6.07) is 2.01. The Hall–Kier alpha value is -1.00. The van der Waals surface area contributed by atoms with Gasteiger partial charge < -0.3 is 0 Å². The summed E-state index contributed by atoms with van der Waals surface area (Å²) in [5.41, 5.74) is 0.851. The molecule has 0 N–H and O–H groups in total. The minimum absolute atomic E-state index is 0.851. The van der Waals surface area contributed by atoms with E-state index < -0.39 is 10.8 Å². The Morgan fingerprint density at radius 2 is 2.38 bits per heavy atom. The standard InChI is InChI=1S/C9H5NOS2/c11-13-4-2-7-9(13)6-1-3-12-8(6)5-10-7/h1-5H. The number of hydrogen-bond donors (Lipinski definition) is 0. The van der Waals surface area contributed by atoms with Crippen molar-refractivity contribution in [2.75, 3.05) is 0 Å². The molecule has 0 fully saturated rings. The number of pyridine rings is 1. The zero-order chi connectivity index (χ0) is 8.84. The molecule has 64 valence electrons. The van der Waals surface area contributed by atoms with Crippen LogP contribution in [0.5, 0.6) is 0 Å². The lowest BCUT2D eigenvalue weighted by atomic mass is 10.3. The fourth-order valence-electron chi connectivity index (χ4n) is 1.46. The quantitative estimate of drug-likeness (QED) is 0.664. The van der Waals surface area contributed by atoms with Gasteiger partial charge in [-0.1, -0.05) is 0 Å². The molecule has 1 atom stereocenters. The van der Waals surface area contributed by atoms with Crippen molar-refractivity contribution in [3.8, 4) is 0 Å². The van der Waals surface area contributed by atoms with Crippen LogP contribution in [-0.4, -0.2) is 9.19 Å². The summed E-state index contributed by atoms with van der Waals surface area (Å²) in [5, 5.41) is 4.77. The molecule has 0 spiro atoms. The number of aromatic nitrogens is 1. The van der Waals surface area contributed by atoms with Crippen molar-refractivity contribution in [2.24, 2.45) is 0 Å². The van der Waals surface area contributed by atoms with Crippen LogP contribution in [0.4, 0.5) is 0 Å². The molecule has 2 aromatic rings. The van der Waals surface area contributed by atoms with Gasteiger partial charge in [-0.2, -0.15) is 0 Å². The van der Waals surface area contributed by atoms with Gasteiger partial charge in [-0.25, -0.2) is 4.21 Å². The lowest BCUT2D eigenvalue weighted by molar-refractivity contribution is 0.689. The summed E-state index contributed by atoms with van der Waals surface area (Å²) in [7, 11) is -0.987. The maximum Gasteiger partial charge on any atom is 0.0807 e. The van der Waals surface area contributed by atoms with E-state index in [2.05, 4.69) is 4.98 Å². The maximum atomic E-state index is 11.6. The summed E-state index contributed by atoms with van der Waals surface area (Å²) in [6.07, 6.45) is 3.66. The average Bonchev–Trinajstić information content (AvgIpc) is 2.70. The Morgan fingerprint density at radius 1 is 1.46 bits per heavy atom. The van der Waals surface area contributed by atoms with Crippen molar-refractivity contribution in [1.29, 1.82) is 0 Å². The second-order valence-corrected chi connectivity index (χ2v) is 4.99. The van der Waals surface area contributed by atoms with Crippen molar-refractivity contribution < 1.29 is 4.21 Å². The molecule has 4 heteroatoms. The Bertz CT molecular complexity index is 542. The van der Waals surface area contributed by atoms with Gasteiger partial charge in [0.05, 0.1) is 26.1 Å². The highest BCUT2D eigenvalue weighted by molar-refractivity contribution is 7.88. The van der Waals surface area contributed by atoms with E-state index >= 15 is 0 Å². The van der Waals surface area contributed by atoms with Crippen LogP contribution in [0.25, 0.3) is 16.2 Å². The lowest BCUT2D eigenvalue weighted by Crippen LogP contribution is -1.87. The van der Waals surface area contributed by atoms with Crippen LogP contribution in [-0.2, 0) is 10.8 Å². The first-order valence-electron chi connectivity index (χ1n) is 3.81. The molecule has 13 heavy (non-hydrogen) atoms. The zero-order valence-corrected chi connectivity index (χ0v) is 8.19. The molecule has 1 aliphatic rings. The van der Waals surface area contributed by atoms with Crippen molar-refractivity contribution in [2.45, 2.75) is 4.90 Å². The molecule has 0 radical (unpaired) electrons. The maximum absolute atomic E-state index is 11.6. The Kier molecular flexibility index (Phi) is 1.42. The molecule has 0 saturated carbocycles. The molecule has 1 aliphatic heterocycles. The molecule has 0 aliphatic carbocycles. The summed E-state index contributed by atoms with van der Waals surface area (Å²) in [5.74, 6) is 0. The minimum Gasteiger partial charge on any atom is -0.254 e. The molecule has 0 saturated heterocycles. The summed E-state index contributed by atoms with van der Waals surface area (Å²) in [6.45, 7) is 0. The van der Waals surface area contributed by atoms with Crippen molar-refractivity contribution in [3.63, 3.8) is 0 Å². The topological polar surface area (TPSA) is 30.0 Å². The van der Waals surface area contributed by atoms with Gasteiger partial charge >= 0.3 is 0 Å². The third-order valence-electron chi connectivity index (χ3n) is 2.04. The van der Waals surface area contributed by atoms with Crippen molar-refractivity contribution in [1.82, 2.24) is 4.98 Å². The highest BCUT2D eigenvalue weighted by atomic mass is 32.2. The highest BCUT2D eigenvalue weighted by Gasteiger charge is 2.17. The van der Waals surface area contributed by atoms with Crippen LogP contribution in [0, 0.1) is 0 Å². The van der Waals surface area contributed by atoms with Gasteiger partial charge in [-0.05, 0) is 17.5 Å². The number of hydrogen-bond acceptors (Lipinski definition) is 3. The van der Waals surface area contributed by atoms with E-state index in [9.17, 15) is 4.21 Å². The summed E-state index contributed by atoms with van der Waals surface area (Å²) in [4.78, 5) is 5.11. The van der Waals surface area contributed by atoms with Gasteiger partial charge in [-0.3, -0.25) is 4.98 Å². The van der Waals surface area contributed by atoms with Crippen LogP contribution >= 0.6 is 11.3 Å². The first-order chi connectivity index (χ1) is 6.36. The second-order valence-electron chi connectivity index (χ2n) is 2.77.